The number of hydrogen-bond donors (Lipinski definition) is 0. The van der Waals surface area contributed by atoms with E-state index in [1.165, 1.54) is 11.8 Å². The van der Waals surface area contributed by atoms with Crippen LogP contribution in [-0.2, 0) is 9.53 Å². The summed E-state index contributed by atoms with van der Waals surface area (Å²) in [5.41, 5.74) is 0. The van der Waals surface area contributed by atoms with E-state index >= 15 is 0 Å². The third-order valence-electron chi connectivity index (χ3n) is 3.45. The summed E-state index contributed by atoms with van der Waals surface area (Å²) in [6, 6.07) is 4.13. The Balaban J connectivity index is 1.68. The largest absolute Gasteiger partial charge is 0.465 e. The number of carbonyl (C=O) groups excluding carboxylic acids is 1. The Morgan fingerprint density at radius 1 is 1.30 bits per heavy atom. The number of hydrogen-bond acceptors (Lipinski definition) is 6. The zero-order chi connectivity index (χ0) is 13.5. The van der Waals surface area contributed by atoms with Crippen LogP contribution in [0.25, 0.3) is 11.6 Å². The Kier molecular flexibility index (Phi) is 2.80. The van der Waals surface area contributed by atoms with E-state index < -0.39 is 0 Å². The van der Waals surface area contributed by atoms with E-state index in [9.17, 15) is 4.79 Å². The van der Waals surface area contributed by atoms with E-state index in [4.69, 9.17) is 9.15 Å². The first-order valence-corrected chi connectivity index (χ1v) is 7.53. The van der Waals surface area contributed by atoms with Crippen LogP contribution in [0.15, 0.2) is 28.0 Å². The van der Waals surface area contributed by atoms with Gasteiger partial charge in [0.25, 0.3) is 0 Å². The highest BCUT2D eigenvalue weighted by Crippen LogP contribution is 2.42. The topological polar surface area (TPSA) is 70.2 Å². The lowest BCUT2D eigenvalue weighted by molar-refractivity contribution is -0.137. The van der Waals surface area contributed by atoms with Gasteiger partial charge in [0.15, 0.2) is 10.9 Å². The van der Waals surface area contributed by atoms with Crippen LogP contribution in [0.5, 0.6) is 0 Å². The van der Waals surface area contributed by atoms with E-state index in [-0.39, 0.29) is 11.2 Å². The minimum atomic E-state index is -0.166. The molecule has 2 aliphatic rings. The molecule has 0 spiro atoms. The van der Waals surface area contributed by atoms with Crippen molar-refractivity contribution in [2.75, 3.05) is 6.61 Å². The van der Waals surface area contributed by atoms with Crippen LogP contribution >= 0.6 is 11.8 Å². The Hall–Kier alpha value is -1.76. The van der Waals surface area contributed by atoms with Gasteiger partial charge in [-0.1, -0.05) is 11.8 Å². The maximum Gasteiger partial charge on any atom is 0.319 e. The van der Waals surface area contributed by atoms with Gasteiger partial charge in [0.2, 0.25) is 5.82 Å². The second-order valence-electron chi connectivity index (χ2n) is 4.95. The highest BCUT2D eigenvalue weighted by Gasteiger charge is 2.34. The van der Waals surface area contributed by atoms with Crippen LogP contribution in [-0.4, -0.2) is 32.6 Å². The lowest BCUT2D eigenvalue weighted by Crippen LogP contribution is -2.11. The molecule has 1 saturated heterocycles. The molecule has 7 heteroatoms. The number of nitrogens with zero attached hydrogens (tertiary/aromatic N) is 3. The standard InChI is InChI=1S/C13H13N3O3S/c17-12-10(5-7-19-12)20-13-15-14-11(9-2-1-6-18-9)16(13)8-3-4-8/h1-2,6,8,10H,3-5,7H2. The lowest BCUT2D eigenvalue weighted by Gasteiger charge is -2.08. The second-order valence-corrected chi connectivity index (χ2v) is 6.12. The van der Waals surface area contributed by atoms with E-state index in [1.54, 1.807) is 6.26 Å². The molecule has 4 rings (SSSR count). The predicted molar refractivity (Wildman–Crippen MR) is 71.2 cm³/mol. The number of ether oxygens (including phenoxy) is 1. The van der Waals surface area contributed by atoms with Crippen molar-refractivity contribution in [2.24, 2.45) is 0 Å². The van der Waals surface area contributed by atoms with Crippen LogP contribution in [0, 0.1) is 0 Å². The average molecular weight is 291 g/mol. The summed E-state index contributed by atoms with van der Waals surface area (Å²) in [7, 11) is 0. The van der Waals surface area contributed by atoms with Crippen molar-refractivity contribution < 1.29 is 13.9 Å². The first-order valence-electron chi connectivity index (χ1n) is 6.65. The third-order valence-corrected chi connectivity index (χ3v) is 4.65. The molecule has 2 aromatic rings. The molecule has 0 N–H and O–H groups in total. The second kappa shape index (κ2) is 4.66. The van der Waals surface area contributed by atoms with Crippen LogP contribution in [0.1, 0.15) is 25.3 Å². The summed E-state index contributed by atoms with van der Waals surface area (Å²) in [6.07, 6.45) is 4.60. The van der Waals surface area contributed by atoms with E-state index in [0.717, 1.165) is 30.2 Å². The van der Waals surface area contributed by atoms with Gasteiger partial charge in [-0.3, -0.25) is 9.36 Å². The quantitative estimate of drug-likeness (QED) is 0.805. The maximum absolute atomic E-state index is 11.6. The average Bonchev–Trinajstić information content (AvgIpc) is 2.88. The van der Waals surface area contributed by atoms with Gasteiger partial charge in [0.1, 0.15) is 5.25 Å². The number of rotatable bonds is 4. The zero-order valence-electron chi connectivity index (χ0n) is 10.7. The van der Waals surface area contributed by atoms with Gasteiger partial charge in [-0.25, -0.2) is 0 Å². The smallest absolute Gasteiger partial charge is 0.319 e. The van der Waals surface area contributed by atoms with Gasteiger partial charge in [-0.15, -0.1) is 10.2 Å². The minimum absolute atomic E-state index is 0.153. The molecule has 0 radical (unpaired) electrons. The van der Waals surface area contributed by atoms with Crippen LogP contribution in [0.2, 0.25) is 0 Å². The summed E-state index contributed by atoms with van der Waals surface area (Å²) in [4.78, 5) is 11.6. The lowest BCUT2D eigenvalue weighted by atomic mass is 10.4. The van der Waals surface area contributed by atoms with Gasteiger partial charge in [0, 0.05) is 12.5 Å². The van der Waals surface area contributed by atoms with Gasteiger partial charge < -0.3 is 9.15 Å². The molecular weight excluding hydrogens is 278 g/mol. The van der Waals surface area contributed by atoms with Crippen molar-refractivity contribution in [1.29, 1.82) is 0 Å². The summed E-state index contributed by atoms with van der Waals surface area (Å²) in [5, 5.41) is 9.09. The number of furan rings is 1. The molecule has 1 saturated carbocycles. The molecule has 20 heavy (non-hydrogen) atoms. The van der Waals surface area contributed by atoms with Gasteiger partial charge in [-0.05, 0) is 25.0 Å². The summed E-state index contributed by atoms with van der Waals surface area (Å²) < 4.78 is 12.5. The van der Waals surface area contributed by atoms with Gasteiger partial charge in [0.05, 0.1) is 12.9 Å². The fraction of sp³-hybridized carbons (Fsp3) is 0.462. The molecule has 1 aliphatic carbocycles. The Bertz CT molecular complexity index is 633. The molecule has 0 bridgehead atoms. The van der Waals surface area contributed by atoms with Crippen molar-refractivity contribution in [2.45, 2.75) is 35.7 Å². The van der Waals surface area contributed by atoms with Crippen molar-refractivity contribution in [3.05, 3.63) is 18.4 Å². The number of esters is 1. The fourth-order valence-electron chi connectivity index (χ4n) is 2.30. The molecular formula is C13H13N3O3S. The Morgan fingerprint density at radius 2 is 2.20 bits per heavy atom. The molecule has 2 aromatic heterocycles. The molecule has 6 nitrogen and oxygen atoms in total. The number of thioether (sulfide) groups is 1. The van der Waals surface area contributed by atoms with Crippen molar-refractivity contribution in [1.82, 2.24) is 14.8 Å². The zero-order valence-corrected chi connectivity index (χ0v) is 11.5. The van der Waals surface area contributed by atoms with E-state index in [0.29, 0.717) is 18.4 Å². The Labute approximate surface area is 119 Å². The third kappa shape index (κ3) is 2.02. The molecule has 104 valence electrons. The predicted octanol–water partition coefficient (Wildman–Crippen LogP) is 2.28. The summed E-state index contributed by atoms with van der Waals surface area (Å²) in [6.45, 7) is 0.499. The number of carbonyl (C=O) groups is 1. The molecule has 1 unspecified atom stereocenters. The van der Waals surface area contributed by atoms with Crippen LogP contribution in [0.3, 0.4) is 0 Å². The first kappa shape index (κ1) is 12.0. The van der Waals surface area contributed by atoms with Crippen molar-refractivity contribution in [3.8, 4) is 11.6 Å². The van der Waals surface area contributed by atoms with Crippen LogP contribution in [0.4, 0.5) is 0 Å². The maximum atomic E-state index is 11.6. The SMILES string of the molecule is O=C1OCCC1Sc1nnc(-c2ccco2)n1C1CC1. The molecule has 0 aromatic carbocycles. The fourth-order valence-corrected chi connectivity index (χ4v) is 3.37. The molecule has 3 heterocycles. The minimum Gasteiger partial charge on any atom is -0.465 e. The molecule has 0 amide bonds. The van der Waals surface area contributed by atoms with Crippen molar-refractivity contribution >= 4 is 17.7 Å². The highest BCUT2D eigenvalue weighted by atomic mass is 32.2. The molecule has 1 atom stereocenters. The summed E-state index contributed by atoms with van der Waals surface area (Å²) in [5.74, 6) is 1.30. The first-order chi connectivity index (χ1) is 9.83. The molecule has 2 fully saturated rings. The summed E-state index contributed by atoms with van der Waals surface area (Å²) >= 11 is 1.45. The normalized spacial score (nSPS) is 22.2. The van der Waals surface area contributed by atoms with E-state index in [1.807, 2.05) is 12.1 Å². The number of aromatic nitrogens is 3. The van der Waals surface area contributed by atoms with Crippen molar-refractivity contribution in [3.63, 3.8) is 0 Å². The highest BCUT2D eigenvalue weighted by molar-refractivity contribution is 8.00. The van der Waals surface area contributed by atoms with E-state index in [2.05, 4.69) is 14.8 Å². The van der Waals surface area contributed by atoms with Crippen LogP contribution < -0.4 is 0 Å². The number of cyclic esters (lactones) is 1. The van der Waals surface area contributed by atoms with Gasteiger partial charge >= 0.3 is 5.97 Å². The monoisotopic (exact) mass is 291 g/mol. The Morgan fingerprint density at radius 3 is 2.85 bits per heavy atom. The molecule has 1 aliphatic heterocycles. The van der Waals surface area contributed by atoms with Gasteiger partial charge in [-0.2, -0.15) is 0 Å².